The first kappa shape index (κ1) is 15.6. The third kappa shape index (κ3) is 9.50. The first-order valence-corrected chi connectivity index (χ1v) is 5.75. The number of nitrogens with two attached hydrogens (primary N) is 1. The highest BCUT2D eigenvalue weighted by molar-refractivity contribution is 5.75. The fourth-order valence-corrected chi connectivity index (χ4v) is 1.28. The van der Waals surface area contributed by atoms with Gasteiger partial charge in [0, 0.05) is 19.5 Å². The van der Waals surface area contributed by atoms with Crippen molar-refractivity contribution in [2.45, 2.75) is 38.1 Å². The average Bonchev–Trinajstić information content (AvgIpc) is 2.28. The van der Waals surface area contributed by atoms with Gasteiger partial charge < -0.3 is 21.1 Å². The molecule has 0 spiro atoms. The molecule has 0 saturated carbocycles. The van der Waals surface area contributed by atoms with Crippen LogP contribution < -0.4 is 11.1 Å². The van der Waals surface area contributed by atoms with Crippen LogP contribution in [0.15, 0.2) is 4.99 Å². The molecule has 1 amide bonds. The number of carbonyl (C=O) groups excluding carboxylic acids is 1. The molecular weight excluding hydrogens is 222 g/mol. The second-order valence-corrected chi connectivity index (χ2v) is 3.84. The molecule has 1 atom stereocenters. The van der Waals surface area contributed by atoms with Crippen molar-refractivity contribution in [2.75, 3.05) is 13.1 Å². The van der Waals surface area contributed by atoms with Gasteiger partial charge in [0.05, 0.1) is 0 Å². The van der Waals surface area contributed by atoms with Crippen molar-refractivity contribution >= 4 is 18.6 Å². The number of carboxylic acid groups (broad SMARTS) is 1. The fraction of sp³-hybridized carbons (Fsp3) is 0.727. The molecule has 0 heterocycles. The first-order chi connectivity index (χ1) is 8.07. The van der Waals surface area contributed by atoms with Crippen molar-refractivity contribution in [3.05, 3.63) is 0 Å². The molecule has 17 heavy (non-hydrogen) atoms. The Balaban J connectivity index is 3.36. The van der Waals surface area contributed by atoms with Crippen LogP contribution in [0, 0.1) is 0 Å². The molecule has 0 aliphatic rings. The van der Waals surface area contributed by atoms with E-state index in [4.69, 9.17) is 10.8 Å². The Morgan fingerprint density at radius 2 is 2.06 bits per heavy atom. The maximum atomic E-state index is 11.2. The molecule has 0 saturated heterocycles. The normalized spacial score (nSPS) is 11.8. The quantitative estimate of drug-likeness (QED) is 0.375. The predicted octanol–water partition coefficient (Wildman–Crippen LogP) is 0.166. The summed E-state index contributed by atoms with van der Waals surface area (Å²) in [5.74, 6) is -0.984. The zero-order valence-corrected chi connectivity index (χ0v) is 10.0. The highest BCUT2D eigenvalue weighted by atomic mass is 16.4. The van der Waals surface area contributed by atoms with Crippen LogP contribution in [0.4, 0.5) is 0 Å². The van der Waals surface area contributed by atoms with Crippen molar-refractivity contribution in [2.24, 2.45) is 10.7 Å². The Hall–Kier alpha value is -1.43. The van der Waals surface area contributed by atoms with E-state index < -0.39 is 12.0 Å². The molecule has 0 unspecified atom stereocenters. The summed E-state index contributed by atoms with van der Waals surface area (Å²) in [6.07, 6.45) is 3.03. The highest BCUT2D eigenvalue weighted by Gasteiger charge is 2.09. The lowest BCUT2D eigenvalue weighted by Gasteiger charge is -2.07. The minimum absolute atomic E-state index is 0.00353. The van der Waals surface area contributed by atoms with Crippen molar-refractivity contribution in [1.29, 1.82) is 0 Å². The SMILES string of the molecule is C=NCCCC(=O)NCCCC[C@H](N)C(=O)O. The Labute approximate surface area is 101 Å². The minimum Gasteiger partial charge on any atom is -0.480 e. The smallest absolute Gasteiger partial charge is 0.320 e. The first-order valence-electron chi connectivity index (χ1n) is 5.75. The van der Waals surface area contributed by atoms with Gasteiger partial charge in [0.15, 0.2) is 0 Å². The number of rotatable bonds is 10. The third-order valence-electron chi connectivity index (χ3n) is 2.30. The van der Waals surface area contributed by atoms with Crippen molar-refractivity contribution < 1.29 is 14.7 Å². The molecule has 6 nitrogen and oxygen atoms in total. The number of amides is 1. The number of nitrogens with one attached hydrogen (secondary N) is 1. The van der Waals surface area contributed by atoms with Crippen LogP contribution in [0.2, 0.25) is 0 Å². The number of carboxylic acids is 1. The summed E-state index contributed by atoms with van der Waals surface area (Å²) in [5, 5.41) is 11.3. The summed E-state index contributed by atoms with van der Waals surface area (Å²) < 4.78 is 0. The maximum Gasteiger partial charge on any atom is 0.320 e. The second kappa shape index (κ2) is 9.77. The van der Waals surface area contributed by atoms with E-state index in [2.05, 4.69) is 17.0 Å². The molecule has 0 aromatic heterocycles. The lowest BCUT2D eigenvalue weighted by molar-refractivity contribution is -0.138. The van der Waals surface area contributed by atoms with E-state index in [1.807, 2.05) is 0 Å². The lowest BCUT2D eigenvalue weighted by atomic mass is 10.1. The van der Waals surface area contributed by atoms with Crippen molar-refractivity contribution in [3.63, 3.8) is 0 Å². The van der Waals surface area contributed by atoms with Gasteiger partial charge in [0.2, 0.25) is 5.91 Å². The molecule has 0 rings (SSSR count). The summed E-state index contributed by atoms with van der Waals surface area (Å²) in [6, 6.07) is -0.802. The second-order valence-electron chi connectivity index (χ2n) is 3.84. The summed E-state index contributed by atoms with van der Waals surface area (Å²) in [7, 11) is 0. The molecule has 6 heteroatoms. The third-order valence-corrected chi connectivity index (χ3v) is 2.30. The van der Waals surface area contributed by atoms with Gasteiger partial charge in [-0.3, -0.25) is 9.59 Å². The topological polar surface area (TPSA) is 105 Å². The van der Waals surface area contributed by atoms with E-state index in [-0.39, 0.29) is 5.91 Å². The van der Waals surface area contributed by atoms with Gasteiger partial charge in [-0.25, -0.2) is 0 Å². The zero-order chi connectivity index (χ0) is 13.1. The van der Waals surface area contributed by atoms with Crippen molar-refractivity contribution in [1.82, 2.24) is 5.32 Å². The van der Waals surface area contributed by atoms with Crippen LogP contribution in [-0.4, -0.2) is 42.8 Å². The van der Waals surface area contributed by atoms with Crippen LogP contribution in [0.25, 0.3) is 0 Å². The number of carbonyl (C=O) groups is 2. The van der Waals surface area contributed by atoms with Gasteiger partial charge in [-0.15, -0.1) is 0 Å². The molecule has 0 aromatic carbocycles. The van der Waals surface area contributed by atoms with Crippen LogP contribution in [0.3, 0.4) is 0 Å². The largest absolute Gasteiger partial charge is 0.480 e. The van der Waals surface area contributed by atoms with E-state index in [9.17, 15) is 9.59 Å². The van der Waals surface area contributed by atoms with Gasteiger partial charge in [-0.05, 0) is 32.4 Å². The molecule has 0 fully saturated rings. The van der Waals surface area contributed by atoms with Crippen LogP contribution in [0.1, 0.15) is 32.1 Å². The number of nitrogens with zero attached hydrogens (tertiary/aromatic N) is 1. The Kier molecular flexibility index (Phi) is 8.95. The van der Waals surface area contributed by atoms with Crippen LogP contribution >= 0.6 is 0 Å². The Morgan fingerprint density at radius 1 is 1.35 bits per heavy atom. The predicted molar refractivity (Wildman–Crippen MR) is 66.1 cm³/mol. The summed E-state index contributed by atoms with van der Waals surface area (Å²) in [5.41, 5.74) is 5.34. The van der Waals surface area contributed by atoms with Gasteiger partial charge >= 0.3 is 5.97 Å². The van der Waals surface area contributed by atoms with Crippen LogP contribution in [0.5, 0.6) is 0 Å². The highest BCUT2D eigenvalue weighted by Crippen LogP contribution is 1.98. The lowest BCUT2D eigenvalue weighted by Crippen LogP contribution is -2.30. The molecule has 0 aromatic rings. The molecule has 0 aliphatic carbocycles. The van der Waals surface area contributed by atoms with Crippen LogP contribution in [-0.2, 0) is 9.59 Å². The summed E-state index contributed by atoms with van der Waals surface area (Å²) in [6.45, 7) is 4.49. The van der Waals surface area contributed by atoms with E-state index in [1.165, 1.54) is 0 Å². The molecule has 0 aliphatic heterocycles. The van der Waals surface area contributed by atoms with E-state index in [0.29, 0.717) is 38.8 Å². The molecule has 98 valence electrons. The molecular formula is C11H21N3O3. The molecule has 4 N–H and O–H groups in total. The van der Waals surface area contributed by atoms with Gasteiger partial charge in [-0.2, -0.15) is 0 Å². The Bertz CT molecular complexity index is 256. The van der Waals surface area contributed by atoms with E-state index >= 15 is 0 Å². The summed E-state index contributed by atoms with van der Waals surface area (Å²) in [4.78, 5) is 25.3. The molecule has 0 radical (unpaired) electrons. The number of aliphatic carboxylic acids is 1. The Morgan fingerprint density at radius 3 is 2.65 bits per heavy atom. The van der Waals surface area contributed by atoms with Gasteiger partial charge in [-0.1, -0.05) is 0 Å². The monoisotopic (exact) mass is 243 g/mol. The van der Waals surface area contributed by atoms with Gasteiger partial charge in [0.25, 0.3) is 0 Å². The average molecular weight is 243 g/mol. The fourth-order valence-electron chi connectivity index (χ4n) is 1.28. The van der Waals surface area contributed by atoms with E-state index in [1.54, 1.807) is 0 Å². The zero-order valence-electron chi connectivity index (χ0n) is 10.0. The van der Waals surface area contributed by atoms with Crippen molar-refractivity contribution in [3.8, 4) is 0 Å². The standard InChI is InChI=1S/C11H21N3O3/c1-13-7-4-6-10(15)14-8-3-2-5-9(12)11(16)17/h9H,1-8,12H2,(H,14,15)(H,16,17)/t9-/m0/s1. The minimum atomic E-state index is -0.981. The number of unbranched alkanes of at least 4 members (excludes halogenated alkanes) is 1. The molecule has 0 bridgehead atoms. The number of aliphatic imine (C=N–C) groups is 1. The van der Waals surface area contributed by atoms with Gasteiger partial charge in [0.1, 0.15) is 6.04 Å². The summed E-state index contributed by atoms with van der Waals surface area (Å²) >= 11 is 0. The number of hydrogen-bond acceptors (Lipinski definition) is 4. The maximum absolute atomic E-state index is 11.2. The number of hydrogen-bond donors (Lipinski definition) is 3. The van der Waals surface area contributed by atoms with E-state index in [0.717, 1.165) is 6.42 Å².